The van der Waals surface area contributed by atoms with E-state index in [0.717, 1.165) is 6.54 Å². The van der Waals surface area contributed by atoms with E-state index in [4.69, 9.17) is 4.74 Å². The maximum absolute atomic E-state index is 11.7. The highest BCUT2D eigenvalue weighted by Crippen LogP contribution is 1.97. The van der Waals surface area contributed by atoms with Crippen LogP contribution in [0.2, 0.25) is 0 Å². The molecule has 0 aliphatic rings. The lowest BCUT2D eigenvalue weighted by Gasteiger charge is -2.20. The molecule has 1 amide bonds. The minimum Gasteiger partial charge on any atom is -0.377 e. The molecule has 0 aliphatic heterocycles. The van der Waals surface area contributed by atoms with Gasteiger partial charge in [0.25, 0.3) is 0 Å². The molecule has 96 valence electrons. The fourth-order valence-corrected chi connectivity index (χ4v) is 1.39. The molecule has 4 heteroatoms. The Kier molecular flexibility index (Phi) is 8.21. The lowest BCUT2D eigenvalue weighted by atomic mass is 10.2. The van der Waals surface area contributed by atoms with Crippen LogP contribution in [0.1, 0.15) is 34.1 Å². The molecule has 0 saturated heterocycles. The monoisotopic (exact) mass is 230 g/mol. The number of amides is 1. The van der Waals surface area contributed by atoms with Gasteiger partial charge in [0.1, 0.15) is 0 Å². The van der Waals surface area contributed by atoms with Crippen LogP contribution >= 0.6 is 0 Å². The summed E-state index contributed by atoms with van der Waals surface area (Å²) >= 11 is 0. The van der Waals surface area contributed by atoms with Gasteiger partial charge in [-0.25, -0.2) is 0 Å². The Balaban J connectivity index is 3.72. The van der Waals surface area contributed by atoms with Crippen LogP contribution in [0.3, 0.4) is 0 Å². The number of ether oxygens (including phenoxy) is 1. The van der Waals surface area contributed by atoms with Crippen molar-refractivity contribution in [1.29, 1.82) is 0 Å². The van der Waals surface area contributed by atoms with Crippen LogP contribution in [-0.2, 0) is 9.53 Å². The first-order chi connectivity index (χ1) is 7.47. The van der Waals surface area contributed by atoms with Crippen molar-refractivity contribution < 1.29 is 9.53 Å². The lowest BCUT2D eigenvalue weighted by Crippen LogP contribution is -2.36. The number of rotatable bonds is 8. The lowest BCUT2D eigenvalue weighted by molar-refractivity contribution is -0.131. The molecule has 0 aromatic heterocycles. The van der Waals surface area contributed by atoms with E-state index < -0.39 is 0 Å². The summed E-state index contributed by atoms with van der Waals surface area (Å²) < 4.78 is 5.41. The van der Waals surface area contributed by atoms with Crippen molar-refractivity contribution in [3.05, 3.63) is 0 Å². The second-order valence-corrected chi connectivity index (χ2v) is 4.40. The van der Waals surface area contributed by atoms with E-state index in [1.165, 1.54) is 0 Å². The molecule has 0 rings (SSSR count). The first-order valence-corrected chi connectivity index (χ1v) is 6.06. The van der Waals surface area contributed by atoms with Gasteiger partial charge in [0.05, 0.1) is 12.7 Å². The fourth-order valence-electron chi connectivity index (χ4n) is 1.39. The Labute approximate surface area is 99.3 Å². The van der Waals surface area contributed by atoms with E-state index in [0.29, 0.717) is 19.6 Å². The molecule has 0 bridgehead atoms. The molecular weight excluding hydrogens is 204 g/mol. The highest BCUT2D eigenvalue weighted by atomic mass is 16.5. The Hall–Kier alpha value is -0.610. The van der Waals surface area contributed by atoms with Crippen LogP contribution in [0.5, 0.6) is 0 Å². The summed E-state index contributed by atoms with van der Waals surface area (Å²) in [4.78, 5) is 13.5. The molecule has 1 atom stereocenters. The Morgan fingerprint density at radius 2 is 2.00 bits per heavy atom. The molecule has 0 fully saturated rings. The van der Waals surface area contributed by atoms with E-state index in [2.05, 4.69) is 5.32 Å². The van der Waals surface area contributed by atoms with Crippen LogP contribution < -0.4 is 5.32 Å². The van der Waals surface area contributed by atoms with Crippen LogP contribution in [0.25, 0.3) is 0 Å². The van der Waals surface area contributed by atoms with Gasteiger partial charge < -0.3 is 15.0 Å². The number of likely N-dealkylation sites (N-methyl/N-ethyl adjacent to an activating group) is 1. The smallest absolute Gasteiger partial charge is 0.223 e. The average Bonchev–Trinajstić information content (AvgIpc) is 2.17. The van der Waals surface area contributed by atoms with E-state index in [1.54, 1.807) is 4.90 Å². The van der Waals surface area contributed by atoms with Gasteiger partial charge in [-0.3, -0.25) is 4.79 Å². The molecule has 1 unspecified atom stereocenters. The number of hydrogen-bond donors (Lipinski definition) is 1. The maximum Gasteiger partial charge on any atom is 0.223 e. The molecule has 1 N–H and O–H groups in total. The van der Waals surface area contributed by atoms with E-state index in [-0.39, 0.29) is 18.1 Å². The van der Waals surface area contributed by atoms with Gasteiger partial charge in [0.15, 0.2) is 0 Å². The van der Waals surface area contributed by atoms with E-state index in [1.807, 2.05) is 34.7 Å². The quantitative estimate of drug-likeness (QED) is 0.682. The number of nitrogens with zero attached hydrogens (tertiary/aromatic N) is 1. The van der Waals surface area contributed by atoms with Crippen molar-refractivity contribution in [3.63, 3.8) is 0 Å². The number of hydrogen-bond acceptors (Lipinski definition) is 3. The Bertz CT molecular complexity index is 195. The molecule has 0 spiro atoms. The molecule has 0 radical (unpaired) electrons. The van der Waals surface area contributed by atoms with Crippen molar-refractivity contribution in [2.45, 2.75) is 46.3 Å². The third-order valence-corrected chi connectivity index (χ3v) is 2.34. The fraction of sp³-hybridized carbons (Fsp3) is 0.917. The second-order valence-electron chi connectivity index (χ2n) is 4.40. The summed E-state index contributed by atoms with van der Waals surface area (Å²) in [6.45, 7) is 10.2. The number of carbonyl (C=O) groups is 1. The summed E-state index contributed by atoms with van der Waals surface area (Å²) in [5.74, 6) is 0.167. The topological polar surface area (TPSA) is 41.6 Å². The van der Waals surface area contributed by atoms with Crippen molar-refractivity contribution in [2.75, 3.05) is 26.7 Å². The maximum atomic E-state index is 11.7. The number of nitrogens with one attached hydrogen (secondary N) is 1. The summed E-state index contributed by atoms with van der Waals surface area (Å²) in [5.41, 5.74) is 0. The van der Waals surface area contributed by atoms with Crippen LogP contribution in [0.4, 0.5) is 0 Å². The summed E-state index contributed by atoms with van der Waals surface area (Å²) in [5, 5.41) is 3.23. The van der Waals surface area contributed by atoms with Crippen LogP contribution in [0.15, 0.2) is 0 Å². The van der Waals surface area contributed by atoms with Gasteiger partial charge in [-0.05, 0) is 27.3 Å². The van der Waals surface area contributed by atoms with Gasteiger partial charge in [-0.2, -0.15) is 0 Å². The third kappa shape index (κ3) is 7.65. The van der Waals surface area contributed by atoms with E-state index >= 15 is 0 Å². The van der Waals surface area contributed by atoms with Crippen molar-refractivity contribution in [1.82, 2.24) is 10.2 Å². The summed E-state index contributed by atoms with van der Waals surface area (Å²) in [7, 11) is 1.82. The molecule has 0 aliphatic carbocycles. The normalized spacial score (nSPS) is 12.9. The van der Waals surface area contributed by atoms with Gasteiger partial charge in [-0.15, -0.1) is 0 Å². The first-order valence-electron chi connectivity index (χ1n) is 6.06. The van der Waals surface area contributed by atoms with E-state index in [9.17, 15) is 4.79 Å². The zero-order valence-electron chi connectivity index (χ0n) is 11.2. The third-order valence-electron chi connectivity index (χ3n) is 2.34. The average molecular weight is 230 g/mol. The first kappa shape index (κ1) is 15.4. The van der Waals surface area contributed by atoms with Gasteiger partial charge >= 0.3 is 0 Å². The summed E-state index contributed by atoms with van der Waals surface area (Å²) in [6.07, 6.45) is 0.774. The molecule has 0 aromatic carbocycles. The highest BCUT2D eigenvalue weighted by molar-refractivity contribution is 5.76. The Morgan fingerprint density at radius 1 is 1.38 bits per heavy atom. The molecule has 16 heavy (non-hydrogen) atoms. The zero-order valence-corrected chi connectivity index (χ0v) is 11.2. The SMILES string of the molecule is CCNC(C)CC(=O)N(C)CCOC(C)C. The van der Waals surface area contributed by atoms with Crippen molar-refractivity contribution in [2.24, 2.45) is 0 Å². The molecule has 0 aromatic rings. The largest absolute Gasteiger partial charge is 0.377 e. The van der Waals surface area contributed by atoms with Crippen LogP contribution in [-0.4, -0.2) is 49.7 Å². The predicted molar refractivity (Wildman–Crippen MR) is 66.5 cm³/mol. The second kappa shape index (κ2) is 8.53. The van der Waals surface area contributed by atoms with Crippen molar-refractivity contribution in [3.8, 4) is 0 Å². The van der Waals surface area contributed by atoms with Gasteiger partial charge in [0, 0.05) is 26.1 Å². The zero-order chi connectivity index (χ0) is 12.6. The Morgan fingerprint density at radius 3 is 2.50 bits per heavy atom. The van der Waals surface area contributed by atoms with Gasteiger partial charge in [-0.1, -0.05) is 6.92 Å². The minimum absolute atomic E-state index is 0.167. The van der Waals surface area contributed by atoms with Crippen molar-refractivity contribution >= 4 is 5.91 Å². The molecule has 0 saturated carbocycles. The van der Waals surface area contributed by atoms with Crippen LogP contribution in [0, 0.1) is 0 Å². The predicted octanol–water partition coefficient (Wildman–Crippen LogP) is 1.26. The minimum atomic E-state index is 0.167. The molecule has 0 heterocycles. The molecule has 4 nitrogen and oxygen atoms in total. The standard InChI is InChI=1S/C12H26N2O2/c1-6-13-11(4)9-12(15)14(5)7-8-16-10(2)3/h10-11,13H,6-9H2,1-5H3. The number of carbonyl (C=O) groups excluding carboxylic acids is 1. The molecular formula is C12H26N2O2. The van der Waals surface area contributed by atoms with Gasteiger partial charge in [0.2, 0.25) is 5.91 Å². The summed E-state index contributed by atoms with van der Waals surface area (Å²) in [6, 6.07) is 0.242. The highest BCUT2D eigenvalue weighted by Gasteiger charge is 2.12.